The van der Waals surface area contributed by atoms with Crippen molar-refractivity contribution < 1.29 is 0 Å². The van der Waals surface area contributed by atoms with Crippen LogP contribution in [-0.2, 0) is 7.05 Å². The van der Waals surface area contributed by atoms with Gasteiger partial charge in [-0.2, -0.15) is 5.10 Å². The van der Waals surface area contributed by atoms with Crippen molar-refractivity contribution in [1.29, 1.82) is 0 Å². The minimum Gasteiger partial charge on any atom is -0.271 e. The van der Waals surface area contributed by atoms with Gasteiger partial charge >= 0.3 is 0 Å². The standard InChI is InChI=1S/C11H12BrClN4/c1-17-10(4-5-15-17)11(16-14)7-2-3-8(12)9(13)6-7/h2-6,11,16H,14H2,1H3. The van der Waals surface area contributed by atoms with Crippen LogP contribution in [0.2, 0.25) is 5.02 Å². The number of hydrogen-bond acceptors (Lipinski definition) is 3. The number of rotatable bonds is 3. The first-order valence-electron chi connectivity index (χ1n) is 5.02. The highest BCUT2D eigenvalue weighted by Crippen LogP contribution is 2.28. The monoisotopic (exact) mass is 314 g/mol. The number of nitrogens with two attached hydrogens (primary N) is 1. The highest BCUT2D eigenvalue weighted by atomic mass is 79.9. The molecule has 3 N–H and O–H groups in total. The van der Waals surface area contributed by atoms with Gasteiger partial charge in [0.1, 0.15) is 0 Å². The molecule has 0 radical (unpaired) electrons. The summed E-state index contributed by atoms with van der Waals surface area (Å²) in [6.45, 7) is 0. The Bertz CT molecular complexity index is 526. The molecule has 0 spiro atoms. The Kier molecular flexibility index (Phi) is 3.83. The number of hydrogen-bond donors (Lipinski definition) is 2. The van der Waals surface area contributed by atoms with Crippen molar-refractivity contribution in [3.8, 4) is 0 Å². The van der Waals surface area contributed by atoms with Crippen molar-refractivity contribution in [2.45, 2.75) is 6.04 Å². The highest BCUT2D eigenvalue weighted by molar-refractivity contribution is 9.10. The van der Waals surface area contributed by atoms with E-state index in [-0.39, 0.29) is 6.04 Å². The Balaban J connectivity index is 2.42. The summed E-state index contributed by atoms with van der Waals surface area (Å²) in [5.74, 6) is 5.61. The third-order valence-electron chi connectivity index (χ3n) is 2.60. The minimum atomic E-state index is -0.131. The Morgan fingerprint density at radius 1 is 1.47 bits per heavy atom. The first-order chi connectivity index (χ1) is 8.13. The molecule has 1 atom stereocenters. The number of hydrazine groups is 1. The maximum atomic E-state index is 6.08. The Morgan fingerprint density at radius 2 is 2.24 bits per heavy atom. The van der Waals surface area contributed by atoms with Gasteiger partial charge in [0.15, 0.2) is 0 Å². The van der Waals surface area contributed by atoms with Crippen LogP contribution in [0.1, 0.15) is 17.3 Å². The molecule has 1 aromatic carbocycles. The van der Waals surface area contributed by atoms with Gasteiger partial charge in [0.05, 0.1) is 16.8 Å². The van der Waals surface area contributed by atoms with Gasteiger partial charge in [-0.25, -0.2) is 5.43 Å². The van der Waals surface area contributed by atoms with E-state index in [1.54, 1.807) is 10.9 Å². The predicted molar refractivity (Wildman–Crippen MR) is 71.5 cm³/mol. The second-order valence-electron chi connectivity index (χ2n) is 3.65. The Labute approximate surface area is 113 Å². The molecule has 2 rings (SSSR count). The molecule has 1 aromatic heterocycles. The van der Waals surface area contributed by atoms with Gasteiger partial charge in [-0.3, -0.25) is 10.5 Å². The summed E-state index contributed by atoms with van der Waals surface area (Å²) in [6.07, 6.45) is 1.74. The summed E-state index contributed by atoms with van der Waals surface area (Å²) in [5.41, 5.74) is 4.74. The van der Waals surface area contributed by atoms with Crippen LogP contribution in [-0.4, -0.2) is 9.78 Å². The summed E-state index contributed by atoms with van der Waals surface area (Å²) in [6, 6.07) is 7.53. The molecular weight excluding hydrogens is 304 g/mol. The minimum absolute atomic E-state index is 0.131. The van der Waals surface area contributed by atoms with Crippen molar-refractivity contribution >= 4 is 27.5 Å². The van der Waals surface area contributed by atoms with E-state index in [0.29, 0.717) is 5.02 Å². The number of nitrogens with zero attached hydrogens (tertiary/aromatic N) is 2. The highest BCUT2D eigenvalue weighted by Gasteiger charge is 2.16. The molecule has 1 heterocycles. The van der Waals surface area contributed by atoms with Gasteiger partial charge in [-0.15, -0.1) is 0 Å². The molecule has 0 aliphatic rings. The van der Waals surface area contributed by atoms with Crippen molar-refractivity contribution in [3.05, 3.63) is 51.2 Å². The van der Waals surface area contributed by atoms with E-state index >= 15 is 0 Å². The molecule has 1 unspecified atom stereocenters. The van der Waals surface area contributed by atoms with Gasteiger partial charge in [0.2, 0.25) is 0 Å². The largest absolute Gasteiger partial charge is 0.271 e. The quantitative estimate of drug-likeness (QED) is 0.675. The van der Waals surface area contributed by atoms with Gasteiger partial charge in [-0.1, -0.05) is 17.7 Å². The number of halogens is 2. The van der Waals surface area contributed by atoms with Crippen LogP contribution in [0.5, 0.6) is 0 Å². The van der Waals surface area contributed by atoms with Crippen LogP contribution in [0.4, 0.5) is 0 Å². The van der Waals surface area contributed by atoms with Crippen LogP contribution in [0, 0.1) is 0 Å². The van der Waals surface area contributed by atoms with E-state index < -0.39 is 0 Å². The molecular formula is C11H12BrClN4. The van der Waals surface area contributed by atoms with Crippen LogP contribution in [0.25, 0.3) is 0 Å². The van der Waals surface area contributed by atoms with Crippen LogP contribution in [0.3, 0.4) is 0 Å². The first kappa shape index (κ1) is 12.6. The molecule has 90 valence electrons. The van der Waals surface area contributed by atoms with Crippen LogP contribution >= 0.6 is 27.5 Å². The van der Waals surface area contributed by atoms with Gasteiger partial charge in [0, 0.05) is 17.7 Å². The summed E-state index contributed by atoms with van der Waals surface area (Å²) in [7, 11) is 1.88. The zero-order valence-corrected chi connectivity index (χ0v) is 11.5. The summed E-state index contributed by atoms with van der Waals surface area (Å²) in [5, 5.41) is 4.79. The molecule has 0 saturated heterocycles. The summed E-state index contributed by atoms with van der Waals surface area (Å²) >= 11 is 9.44. The predicted octanol–water partition coefficient (Wildman–Crippen LogP) is 2.39. The number of aromatic nitrogens is 2. The molecule has 0 aliphatic carbocycles. The molecule has 0 amide bonds. The maximum absolute atomic E-state index is 6.08. The lowest BCUT2D eigenvalue weighted by Crippen LogP contribution is -2.30. The zero-order chi connectivity index (χ0) is 12.4. The van der Waals surface area contributed by atoms with Crippen molar-refractivity contribution in [3.63, 3.8) is 0 Å². The second-order valence-corrected chi connectivity index (χ2v) is 4.91. The Hall–Kier alpha value is -0.880. The molecule has 2 aromatic rings. The third-order valence-corrected chi connectivity index (χ3v) is 3.83. The SMILES string of the molecule is Cn1nccc1C(NN)c1ccc(Br)c(Cl)c1. The lowest BCUT2D eigenvalue weighted by atomic mass is 10.0. The van der Waals surface area contributed by atoms with E-state index in [4.69, 9.17) is 17.4 Å². The van der Waals surface area contributed by atoms with Crippen molar-refractivity contribution in [2.75, 3.05) is 0 Å². The smallest absolute Gasteiger partial charge is 0.0878 e. The molecule has 0 aliphatic heterocycles. The van der Waals surface area contributed by atoms with E-state index in [2.05, 4.69) is 26.5 Å². The van der Waals surface area contributed by atoms with E-state index in [1.807, 2.05) is 31.3 Å². The number of benzene rings is 1. The fourth-order valence-electron chi connectivity index (χ4n) is 1.71. The summed E-state index contributed by atoms with van der Waals surface area (Å²) < 4.78 is 2.64. The summed E-state index contributed by atoms with van der Waals surface area (Å²) in [4.78, 5) is 0. The Morgan fingerprint density at radius 3 is 2.76 bits per heavy atom. The average Bonchev–Trinajstić information content (AvgIpc) is 2.71. The lowest BCUT2D eigenvalue weighted by molar-refractivity contribution is 0.575. The fourth-order valence-corrected chi connectivity index (χ4v) is 2.15. The van der Waals surface area contributed by atoms with Crippen molar-refractivity contribution in [1.82, 2.24) is 15.2 Å². The van der Waals surface area contributed by atoms with Crippen molar-refractivity contribution in [2.24, 2.45) is 12.9 Å². The molecule has 0 saturated carbocycles. The fraction of sp³-hybridized carbons (Fsp3) is 0.182. The zero-order valence-electron chi connectivity index (χ0n) is 9.19. The third kappa shape index (κ3) is 2.52. The normalized spacial score (nSPS) is 12.7. The number of aryl methyl sites for hydroxylation is 1. The van der Waals surface area contributed by atoms with E-state index in [1.165, 1.54) is 0 Å². The molecule has 4 nitrogen and oxygen atoms in total. The lowest BCUT2D eigenvalue weighted by Gasteiger charge is -2.17. The van der Waals surface area contributed by atoms with Crippen LogP contribution < -0.4 is 11.3 Å². The van der Waals surface area contributed by atoms with Gasteiger partial charge in [-0.05, 0) is 39.7 Å². The molecule has 6 heteroatoms. The van der Waals surface area contributed by atoms with E-state index in [0.717, 1.165) is 15.7 Å². The van der Waals surface area contributed by atoms with Gasteiger partial charge in [0.25, 0.3) is 0 Å². The number of nitrogens with one attached hydrogen (secondary N) is 1. The molecule has 17 heavy (non-hydrogen) atoms. The molecule has 0 bridgehead atoms. The van der Waals surface area contributed by atoms with Crippen LogP contribution in [0.15, 0.2) is 34.9 Å². The maximum Gasteiger partial charge on any atom is 0.0878 e. The van der Waals surface area contributed by atoms with E-state index in [9.17, 15) is 0 Å². The van der Waals surface area contributed by atoms with Gasteiger partial charge < -0.3 is 0 Å². The second kappa shape index (κ2) is 5.18. The first-order valence-corrected chi connectivity index (χ1v) is 6.19. The topological polar surface area (TPSA) is 55.9 Å². The molecule has 0 fully saturated rings. The average molecular weight is 316 g/mol.